The molecule has 0 N–H and O–H groups in total. The van der Waals surface area contributed by atoms with Crippen LogP contribution in [0.25, 0.3) is 0 Å². The number of ether oxygens (including phenoxy) is 2. The molecule has 3 heteroatoms. The van der Waals surface area contributed by atoms with Crippen LogP contribution < -0.4 is 0 Å². The molecule has 0 fully saturated rings. The van der Waals surface area contributed by atoms with Crippen LogP contribution in [0.15, 0.2) is 0 Å². The molecule has 0 heterocycles. The second-order valence-electron chi connectivity index (χ2n) is 5.13. The summed E-state index contributed by atoms with van der Waals surface area (Å²) < 4.78 is 9.78. The number of unbranched alkanes of at least 4 members (excludes halogenated alkanes) is 9. The lowest BCUT2D eigenvalue weighted by Crippen LogP contribution is -2.08. The molecule has 0 aliphatic carbocycles. The van der Waals surface area contributed by atoms with Crippen LogP contribution in [-0.4, -0.2) is 19.4 Å². The van der Waals surface area contributed by atoms with Gasteiger partial charge < -0.3 is 9.47 Å². The Kier molecular flexibility index (Phi) is 14.7. The van der Waals surface area contributed by atoms with Crippen molar-refractivity contribution in [1.82, 2.24) is 0 Å². The molecule has 0 aliphatic heterocycles. The van der Waals surface area contributed by atoms with E-state index in [2.05, 4.69) is 6.92 Å². The van der Waals surface area contributed by atoms with E-state index in [1.807, 2.05) is 6.92 Å². The summed E-state index contributed by atoms with van der Waals surface area (Å²) in [5, 5.41) is 0. The van der Waals surface area contributed by atoms with Crippen molar-refractivity contribution in [1.29, 1.82) is 0 Å². The number of hydrogen-bond acceptors (Lipinski definition) is 3. The molecule has 0 bridgehead atoms. The molecule has 0 saturated carbocycles. The first kappa shape index (κ1) is 18.3. The van der Waals surface area contributed by atoms with Gasteiger partial charge in [0.15, 0.2) is 0 Å². The highest BCUT2D eigenvalue weighted by Crippen LogP contribution is 2.10. The maximum Gasteiger partial charge on any atom is 0.508 e. The summed E-state index contributed by atoms with van der Waals surface area (Å²) in [6.07, 6.45) is 13.2. The van der Waals surface area contributed by atoms with Crippen LogP contribution in [0.5, 0.6) is 0 Å². The molecule has 0 aliphatic rings. The van der Waals surface area contributed by atoms with Crippen molar-refractivity contribution in [3.05, 3.63) is 0 Å². The van der Waals surface area contributed by atoms with Gasteiger partial charge in [0.1, 0.15) is 0 Å². The van der Waals surface area contributed by atoms with Gasteiger partial charge in [0, 0.05) is 0 Å². The van der Waals surface area contributed by atoms with E-state index >= 15 is 0 Å². The molecule has 0 unspecified atom stereocenters. The predicted octanol–water partition coefficient (Wildman–Crippen LogP) is 5.47. The minimum atomic E-state index is -0.516. The maximum absolute atomic E-state index is 11.0. The zero-order valence-corrected chi connectivity index (χ0v) is 12.9. The quantitative estimate of drug-likeness (QED) is 0.329. The summed E-state index contributed by atoms with van der Waals surface area (Å²) in [6, 6.07) is 0. The fourth-order valence-corrected chi connectivity index (χ4v) is 1.97. The molecule has 0 atom stereocenters. The van der Waals surface area contributed by atoms with Crippen molar-refractivity contribution in [2.75, 3.05) is 13.2 Å². The van der Waals surface area contributed by atoms with Crippen LogP contribution in [-0.2, 0) is 9.47 Å². The van der Waals surface area contributed by atoms with Crippen molar-refractivity contribution >= 4 is 6.16 Å². The molecule has 3 nitrogen and oxygen atoms in total. The Labute approximate surface area is 119 Å². The van der Waals surface area contributed by atoms with Gasteiger partial charge in [0.2, 0.25) is 0 Å². The highest BCUT2D eigenvalue weighted by molar-refractivity contribution is 5.59. The van der Waals surface area contributed by atoms with Crippen molar-refractivity contribution in [3.63, 3.8) is 0 Å². The standard InChI is InChI=1S/C16H32O3/c1-3-5-6-7-8-9-10-11-12-13-15-19-16(17)18-14-4-2/h3-15H2,1-2H3. The summed E-state index contributed by atoms with van der Waals surface area (Å²) in [7, 11) is 0. The monoisotopic (exact) mass is 272 g/mol. The van der Waals surface area contributed by atoms with Crippen molar-refractivity contribution < 1.29 is 14.3 Å². The third kappa shape index (κ3) is 15.2. The molecule has 0 saturated heterocycles. The summed E-state index contributed by atoms with van der Waals surface area (Å²) in [5.74, 6) is 0. The van der Waals surface area contributed by atoms with Gasteiger partial charge in [-0.25, -0.2) is 4.79 Å². The van der Waals surface area contributed by atoms with Crippen LogP contribution in [0, 0.1) is 0 Å². The van der Waals surface area contributed by atoms with Gasteiger partial charge in [-0.15, -0.1) is 0 Å². The van der Waals surface area contributed by atoms with E-state index in [-0.39, 0.29) is 0 Å². The van der Waals surface area contributed by atoms with Gasteiger partial charge in [-0.3, -0.25) is 0 Å². The largest absolute Gasteiger partial charge is 0.508 e. The molecule has 0 aromatic heterocycles. The first-order valence-electron chi connectivity index (χ1n) is 8.10. The predicted molar refractivity (Wildman–Crippen MR) is 79.4 cm³/mol. The van der Waals surface area contributed by atoms with Crippen LogP contribution in [0.4, 0.5) is 4.79 Å². The summed E-state index contributed by atoms with van der Waals surface area (Å²) in [6.45, 7) is 5.17. The van der Waals surface area contributed by atoms with Gasteiger partial charge in [0.05, 0.1) is 13.2 Å². The average molecular weight is 272 g/mol. The average Bonchev–Trinajstić information content (AvgIpc) is 2.42. The Hall–Kier alpha value is -0.730. The van der Waals surface area contributed by atoms with Crippen molar-refractivity contribution in [2.45, 2.75) is 84.5 Å². The van der Waals surface area contributed by atoms with E-state index in [4.69, 9.17) is 9.47 Å². The van der Waals surface area contributed by atoms with Crippen LogP contribution in [0.1, 0.15) is 84.5 Å². The van der Waals surface area contributed by atoms with E-state index in [1.165, 1.54) is 51.4 Å². The minimum absolute atomic E-state index is 0.455. The van der Waals surface area contributed by atoms with E-state index < -0.39 is 6.16 Å². The Morgan fingerprint density at radius 2 is 1.11 bits per heavy atom. The molecule has 114 valence electrons. The lowest BCUT2D eigenvalue weighted by Gasteiger charge is -2.05. The van der Waals surface area contributed by atoms with Crippen molar-refractivity contribution in [3.8, 4) is 0 Å². The fourth-order valence-electron chi connectivity index (χ4n) is 1.97. The Bertz CT molecular complexity index is 192. The lowest BCUT2D eigenvalue weighted by atomic mass is 10.1. The normalized spacial score (nSPS) is 10.4. The topological polar surface area (TPSA) is 35.5 Å². The van der Waals surface area contributed by atoms with Crippen LogP contribution in [0.2, 0.25) is 0 Å². The molecule has 19 heavy (non-hydrogen) atoms. The Balaban J connectivity index is 3.04. The summed E-state index contributed by atoms with van der Waals surface area (Å²) in [4.78, 5) is 11.0. The molecular weight excluding hydrogens is 240 g/mol. The van der Waals surface area contributed by atoms with Crippen LogP contribution in [0.3, 0.4) is 0 Å². The first-order chi connectivity index (χ1) is 9.31. The second-order valence-corrected chi connectivity index (χ2v) is 5.13. The van der Waals surface area contributed by atoms with Gasteiger partial charge >= 0.3 is 6.16 Å². The van der Waals surface area contributed by atoms with E-state index in [1.54, 1.807) is 0 Å². The highest BCUT2D eigenvalue weighted by Gasteiger charge is 2.01. The molecule has 0 radical (unpaired) electrons. The third-order valence-electron chi connectivity index (χ3n) is 3.14. The lowest BCUT2D eigenvalue weighted by molar-refractivity contribution is 0.0541. The van der Waals surface area contributed by atoms with E-state index in [0.717, 1.165) is 19.3 Å². The molecule has 0 amide bonds. The molecular formula is C16H32O3. The smallest absolute Gasteiger partial charge is 0.434 e. The Morgan fingerprint density at radius 3 is 1.63 bits per heavy atom. The number of carbonyl (C=O) groups is 1. The van der Waals surface area contributed by atoms with E-state index in [9.17, 15) is 4.79 Å². The molecule has 0 aromatic rings. The summed E-state index contributed by atoms with van der Waals surface area (Å²) >= 11 is 0. The number of hydrogen-bond donors (Lipinski definition) is 0. The third-order valence-corrected chi connectivity index (χ3v) is 3.14. The van der Waals surface area contributed by atoms with Gasteiger partial charge in [-0.2, -0.15) is 0 Å². The molecule has 0 spiro atoms. The number of carbonyl (C=O) groups excluding carboxylic acids is 1. The first-order valence-corrected chi connectivity index (χ1v) is 8.10. The fraction of sp³-hybridized carbons (Fsp3) is 0.938. The zero-order valence-electron chi connectivity index (χ0n) is 12.9. The summed E-state index contributed by atoms with van der Waals surface area (Å²) in [5.41, 5.74) is 0. The maximum atomic E-state index is 11.0. The molecule has 0 rings (SSSR count). The van der Waals surface area contributed by atoms with Crippen LogP contribution >= 0.6 is 0 Å². The minimum Gasteiger partial charge on any atom is -0.434 e. The Morgan fingerprint density at radius 1 is 0.632 bits per heavy atom. The number of rotatable bonds is 13. The van der Waals surface area contributed by atoms with Gasteiger partial charge in [-0.1, -0.05) is 71.6 Å². The van der Waals surface area contributed by atoms with Gasteiger partial charge in [-0.05, 0) is 12.8 Å². The van der Waals surface area contributed by atoms with Crippen molar-refractivity contribution in [2.24, 2.45) is 0 Å². The van der Waals surface area contributed by atoms with E-state index in [0.29, 0.717) is 13.2 Å². The zero-order chi connectivity index (χ0) is 14.2. The SMILES string of the molecule is CCCCCCCCCCCCOC(=O)OCCC. The second kappa shape index (κ2) is 15.3. The van der Waals surface area contributed by atoms with Gasteiger partial charge in [0.25, 0.3) is 0 Å². The highest BCUT2D eigenvalue weighted by atomic mass is 16.7. The molecule has 0 aromatic carbocycles.